The van der Waals surface area contributed by atoms with Crippen molar-refractivity contribution in [2.45, 2.75) is 52.9 Å². The highest BCUT2D eigenvalue weighted by Gasteiger charge is 2.20. The Morgan fingerprint density at radius 3 is 2.56 bits per heavy atom. The first-order valence-corrected chi connectivity index (χ1v) is 7.26. The van der Waals surface area contributed by atoms with E-state index >= 15 is 0 Å². The summed E-state index contributed by atoms with van der Waals surface area (Å²) in [4.78, 5) is 0. The molecule has 0 saturated heterocycles. The van der Waals surface area contributed by atoms with Gasteiger partial charge < -0.3 is 5.32 Å². The molecule has 1 nitrogen and oxygen atoms in total. The van der Waals surface area contributed by atoms with E-state index in [2.05, 4.69) is 64.2 Å². The molecule has 0 unspecified atom stereocenters. The van der Waals surface area contributed by atoms with Crippen molar-refractivity contribution >= 4 is 0 Å². The molecule has 1 heteroatoms. The molecule has 0 aromatic heterocycles. The van der Waals surface area contributed by atoms with E-state index in [0.717, 1.165) is 19.0 Å². The lowest BCUT2D eigenvalue weighted by Crippen LogP contribution is -2.25. The van der Waals surface area contributed by atoms with Crippen LogP contribution >= 0.6 is 0 Å². The fourth-order valence-electron chi connectivity index (χ4n) is 2.31. The first kappa shape index (κ1) is 15.2. The van der Waals surface area contributed by atoms with Gasteiger partial charge in [0.2, 0.25) is 0 Å². The van der Waals surface area contributed by atoms with Crippen LogP contribution in [0.25, 0.3) is 0 Å². The van der Waals surface area contributed by atoms with E-state index in [1.165, 1.54) is 24.0 Å². The summed E-state index contributed by atoms with van der Waals surface area (Å²) in [6, 6.07) is 9.13. The first-order chi connectivity index (χ1) is 8.45. The second-order valence-electron chi connectivity index (χ2n) is 6.29. The van der Waals surface area contributed by atoms with E-state index in [-0.39, 0.29) is 5.41 Å². The van der Waals surface area contributed by atoms with Crippen molar-refractivity contribution in [3.05, 3.63) is 35.4 Å². The minimum Gasteiger partial charge on any atom is -0.317 e. The average molecular weight is 247 g/mol. The zero-order valence-corrected chi connectivity index (χ0v) is 12.7. The molecule has 0 spiro atoms. The summed E-state index contributed by atoms with van der Waals surface area (Å²) in [5.74, 6) is 0.727. The second kappa shape index (κ2) is 6.94. The van der Waals surface area contributed by atoms with Crippen LogP contribution in [0.3, 0.4) is 0 Å². The van der Waals surface area contributed by atoms with E-state index in [1.807, 2.05) is 0 Å². The molecule has 1 aromatic rings. The van der Waals surface area contributed by atoms with Gasteiger partial charge in [-0.15, -0.1) is 0 Å². The van der Waals surface area contributed by atoms with E-state index < -0.39 is 0 Å². The fraction of sp³-hybridized carbons (Fsp3) is 0.647. The van der Waals surface area contributed by atoms with Gasteiger partial charge in [0.25, 0.3) is 0 Å². The molecule has 0 saturated carbocycles. The lowest BCUT2D eigenvalue weighted by molar-refractivity contribution is 0.460. The zero-order valence-electron chi connectivity index (χ0n) is 12.7. The van der Waals surface area contributed by atoms with Gasteiger partial charge in [-0.1, -0.05) is 58.9 Å². The van der Waals surface area contributed by atoms with Crippen LogP contribution in [0.2, 0.25) is 0 Å². The van der Waals surface area contributed by atoms with Crippen molar-refractivity contribution in [3.8, 4) is 0 Å². The van der Waals surface area contributed by atoms with E-state index in [0.29, 0.717) is 0 Å². The third-order valence-corrected chi connectivity index (χ3v) is 3.53. The number of rotatable bonds is 7. The smallest absolute Gasteiger partial charge is 0.00407 e. The predicted octanol–water partition coefficient (Wildman–Crippen LogP) is 4.16. The van der Waals surface area contributed by atoms with Gasteiger partial charge in [-0.2, -0.15) is 0 Å². The summed E-state index contributed by atoms with van der Waals surface area (Å²) in [5.41, 5.74) is 3.20. The van der Waals surface area contributed by atoms with Crippen LogP contribution in [-0.4, -0.2) is 13.1 Å². The summed E-state index contributed by atoms with van der Waals surface area (Å²) in [6.45, 7) is 13.6. The topological polar surface area (TPSA) is 12.0 Å². The Labute approximate surface area is 113 Å². The zero-order chi connectivity index (χ0) is 13.6. The molecule has 1 rings (SSSR count). The molecule has 0 aliphatic carbocycles. The molecule has 1 aromatic carbocycles. The molecule has 0 atom stereocenters. The van der Waals surface area contributed by atoms with Gasteiger partial charge in [-0.25, -0.2) is 0 Å². The SMILES string of the molecule is CCNCCC(C)(C)c1cccc(CC(C)C)c1. The molecule has 102 valence electrons. The molecule has 0 bridgehead atoms. The summed E-state index contributed by atoms with van der Waals surface area (Å²) < 4.78 is 0. The largest absolute Gasteiger partial charge is 0.317 e. The minimum atomic E-state index is 0.259. The van der Waals surface area contributed by atoms with Crippen LogP contribution in [0.4, 0.5) is 0 Å². The predicted molar refractivity (Wildman–Crippen MR) is 81.2 cm³/mol. The van der Waals surface area contributed by atoms with Crippen molar-refractivity contribution in [2.75, 3.05) is 13.1 Å². The molecule has 0 amide bonds. The number of hydrogen-bond acceptors (Lipinski definition) is 1. The highest BCUT2D eigenvalue weighted by Crippen LogP contribution is 2.27. The van der Waals surface area contributed by atoms with Gasteiger partial charge in [0.15, 0.2) is 0 Å². The minimum absolute atomic E-state index is 0.259. The maximum atomic E-state index is 3.42. The van der Waals surface area contributed by atoms with Gasteiger partial charge in [0.1, 0.15) is 0 Å². The normalized spacial score (nSPS) is 12.1. The molecule has 0 heterocycles. The standard InChI is InChI=1S/C17H29N/c1-6-18-11-10-17(4,5)16-9-7-8-15(13-16)12-14(2)3/h7-9,13-14,18H,6,10-12H2,1-5H3. The van der Waals surface area contributed by atoms with E-state index in [4.69, 9.17) is 0 Å². The maximum Gasteiger partial charge on any atom is -0.00407 e. The molecule has 0 fully saturated rings. The molecule has 0 aliphatic heterocycles. The quantitative estimate of drug-likeness (QED) is 0.713. The van der Waals surface area contributed by atoms with Gasteiger partial charge in [-0.3, -0.25) is 0 Å². The summed E-state index contributed by atoms with van der Waals surface area (Å²) in [6.07, 6.45) is 2.36. The average Bonchev–Trinajstić information content (AvgIpc) is 2.28. The van der Waals surface area contributed by atoms with Gasteiger partial charge in [0, 0.05) is 0 Å². The van der Waals surface area contributed by atoms with Gasteiger partial charge in [0.05, 0.1) is 0 Å². The van der Waals surface area contributed by atoms with Crippen molar-refractivity contribution in [1.82, 2.24) is 5.32 Å². The Kier molecular flexibility index (Phi) is 5.87. The van der Waals surface area contributed by atoms with Crippen molar-refractivity contribution in [3.63, 3.8) is 0 Å². The lowest BCUT2D eigenvalue weighted by Gasteiger charge is -2.26. The fourth-order valence-corrected chi connectivity index (χ4v) is 2.31. The van der Waals surface area contributed by atoms with E-state index in [1.54, 1.807) is 0 Å². The Morgan fingerprint density at radius 1 is 1.22 bits per heavy atom. The Morgan fingerprint density at radius 2 is 1.94 bits per heavy atom. The first-order valence-electron chi connectivity index (χ1n) is 7.26. The Balaban J connectivity index is 2.74. The van der Waals surface area contributed by atoms with Crippen molar-refractivity contribution in [1.29, 1.82) is 0 Å². The van der Waals surface area contributed by atoms with Crippen LogP contribution in [0.15, 0.2) is 24.3 Å². The Bertz CT molecular complexity index is 352. The van der Waals surface area contributed by atoms with Crippen LogP contribution in [0.1, 0.15) is 52.2 Å². The number of nitrogens with one attached hydrogen (secondary N) is 1. The van der Waals surface area contributed by atoms with Crippen molar-refractivity contribution < 1.29 is 0 Å². The third-order valence-electron chi connectivity index (χ3n) is 3.53. The number of hydrogen-bond donors (Lipinski definition) is 1. The maximum absolute atomic E-state index is 3.42. The summed E-state index contributed by atoms with van der Waals surface area (Å²) in [7, 11) is 0. The van der Waals surface area contributed by atoms with Gasteiger partial charge in [-0.05, 0) is 48.4 Å². The molecule has 1 N–H and O–H groups in total. The Hall–Kier alpha value is -0.820. The van der Waals surface area contributed by atoms with E-state index in [9.17, 15) is 0 Å². The van der Waals surface area contributed by atoms with Gasteiger partial charge >= 0.3 is 0 Å². The third kappa shape index (κ3) is 4.81. The highest BCUT2D eigenvalue weighted by molar-refractivity contribution is 5.29. The van der Waals surface area contributed by atoms with Crippen LogP contribution in [-0.2, 0) is 11.8 Å². The van der Waals surface area contributed by atoms with Crippen LogP contribution in [0, 0.1) is 5.92 Å². The summed E-state index contributed by atoms with van der Waals surface area (Å²) in [5, 5.41) is 3.42. The lowest BCUT2D eigenvalue weighted by atomic mass is 9.80. The molecular weight excluding hydrogens is 218 g/mol. The molecule has 18 heavy (non-hydrogen) atoms. The van der Waals surface area contributed by atoms with Crippen molar-refractivity contribution in [2.24, 2.45) is 5.92 Å². The van der Waals surface area contributed by atoms with Crippen LogP contribution < -0.4 is 5.32 Å². The molecular formula is C17H29N. The summed E-state index contributed by atoms with van der Waals surface area (Å²) >= 11 is 0. The number of benzene rings is 1. The molecule has 0 radical (unpaired) electrons. The highest BCUT2D eigenvalue weighted by atomic mass is 14.8. The monoisotopic (exact) mass is 247 g/mol. The molecule has 0 aliphatic rings. The second-order valence-corrected chi connectivity index (χ2v) is 6.29. The van der Waals surface area contributed by atoms with Crippen LogP contribution in [0.5, 0.6) is 0 Å².